The van der Waals surface area contributed by atoms with E-state index in [1.165, 1.54) is 0 Å². The fourth-order valence-electron chi connectivity index (χ4n) is 1.54. The molecule has 0 aliphatic rings. The van der Waals surface area contributed by atoms with Gasteiger partial charge in [-0.1, -0.05) is 6.07 Å². The Hall–Kier alpha value is -2.23. The van der Waals surface area contributed by atoms with Crippen LogP contribution in [0.15, 0.2) is 36.5 Å². The molecule has 2 aromatic rings. The number of anilines is 3. The summed E-state index contributed by atoms with van der Waals surface area (Å²) in [5.41, 5.74) is 8.28. The van der Waals surface area contributed by atoms with Gasteiger partial charge in [0.2, 0.25) is 0 Å². The first-order valence-corrected chi connectivity index (χ1v) is 5.32. The van der Waals surface area contributed by atoms with Crippen molar-refractivity contribution in [3.05, 3.63) is 42.1 Å². The van der Waals surface area contributed by atoms with Crippen LogP contribution in [0.4, 0.5) is 17.2 Å². The molecule has 0 atom stereocenters. The van der Waals surface area contributed by atoms with Gasteiger partial charge in [-0.05, 0) is 36.8 Å². The van der Waals surface area contributed by atoms with Crippen molar-refractivity contribution >= 4 is 17.2 Å². The zero-order chi connectivity index (χ0) is 12.3. The van der Waals surface area contributed by atoms with Gasteiger partial charge in [-0.15, -0.1) is 0 Å². The van der Waals surface area contributed by atoms with Crippen LogP contribution >= 0.6 is 0 Å². The van der Waals surface area contributed by atoms with Gasteiger partial charge in [-0.3, -0.25) is 0 Å². The van der Waals surface area contributed by atoms with Gasteiger partial charge in [-0.2, -0.15) is 0 Å². The number of rotatable bonds is 3. The number of hydrogen-bond donors (Lipinski definition) is 2. The molecule has 88 valence electrons. The third-order valence-corrected chi connectivity index (χ3v) is 2.40. The van der Waals surface area contributed by atoms with Gasteiger partial charge < -0.3 is 15.8 Å². The van der Waals surface area contributed by atoms with Crippen LogP contribution in [-0.2, 0) is 0 Å². The Bertz CT molecular complexity index is 509. The number of hydrogen-bond acceptors (Lipinski definition) is 4. The van der Waals surface area contributed by atoms with Crippen LogP contribution in [0, 0.1) is 6.92 Å². The van der Waals surface area contributed by atoms with Gasteiger partial charge in [-0.25, -0.2) is 4.98 Å². The summed E-state index contributed by atoms with van der Waals surface area (Å²) >= 11 is 0. The molecule has 0 spiro atoms. The Balaban J connectivity index is 2.28. The van der Waals surface area contributed by atoms with Crippen LogP contribution in [0.3, 0.4) is 0 Å². The normalized spacial score (nSPS) is 10.0. The summed E-state index contributed by atoms with van der Waals surface area (Å²) in [5.74, 6) is 1.53. The van der Waals surface area contributed by atoms with Gasteiger partial charge in [0.15, 0.2) is 0 Å². The summed E-state index contributed by atoms with van der Waals surface area (Å²) in [7, 11) is 1.65. The molecule has 0 bridgehead atoms. The SMILES string of the molecule is COc1ccc(C)cc1Nc1ccc(N)cn1. The molecule has 0 aliphatic carbocycles. The molecule has 0 saturated carbocycles. The van der Waals surface area contributed by atoms with Crippen molar-refractivity contribution in [3.63, 3.8) is 0 Å². The monoisotopic (exact) mass is 229 g/mol. The van der Waals surface area contributed by atoms with Gasteiger partial charge in [0.05, 0.1) is 24.7 Å². The zero-order valence-corrected chi connectivity index (χ0v) is 9.90. The lowest BCUT2D eigenvalue weighted by Gasteiger charge is -2.11. The molecule has 0 fully saturated rings. The van der Waals surface area contributed by atoms with E-state index in [4.69, 9.17) is 10.5 Å². The number of nitrogens with one attached hydrogen (secondary N) is 1. The number of aryl methyl sites for hydroxylation is 1. The molecule has 17 heavy (non-hydrogen) atoms. The number of nitrogen functional groups attached to an aromatic ring is 1. The fraction of sp³-hybridized carbons (Fsp3) is 0.154. The summed E-state index contributed by atoms with van der Waals surface area (Å²) in [4.78, 5) is 4.19. The van der Waals surface area contributed by atoms with Gasteiger partial charge in [0, 0.05) is 0 Å². The second-order valence-electron chi connectivity index (χ2n) is 3.81. The van der Waals surface area contributed by atoms with Crippen molar-refractivity contribution in [2.24, 2.45) is 0 Å². The first-order chi connectivity index (χ1) is 8.19. The Morgan fingerprint density at radius 2 is 2.06 bits per heavy atom. The Kier molecular flexibility index (Phi) is 3.14. The topological polar surface area (TPSA) is 60.2 Å². The lowest BCUT2D eigenvalue weighted by molar-refractivity contribution is 0.416. The molecular weight excluding hydrogens is 214 g/mol. The molecule has 4 nitrogen and oxygen atoms in total. The lowest BCUT2D eigenvalue weighted by Crippen LogP contribution is -1.97. The number of ether oxygens (including phenoxy) is 1. The minimum absolute atomic E-state index is 0.645. The second kappa shape index (κ2) is 4.74. The molecule has 2 rings (SSSR count). The first kappa shape index (κ1) is 11.3. The van der Waals surface area contributed by atoms with Crippen molar-refractivity contribution in [3.8, 4) is 5.75 Å². The van der Waals surface area contributed by atoms with Crippen LogP contribution in [0.2, 0.25) is 0 Å². The van der Waals surface area contributed by atoms with Crippen LogP contribution in [0.1, 0.15) is 5.56 Å². The molecule has 1 aromatic carbocycles. The molecule has 0 radical (unpaired) electrons. The van der Waals surface area contributed by atoms with E-state index in [1.807, 2.05) is 31.2 Å². The van der Waals surface area contributed by atoms with Gasteiger partial charge in [0.25, 0.3) is 0 Å². The van der Waals surface area contributed by atoms with E-state index >= 15 is 0 Å². The largest absolute Gasteiger partial charge is 0.495 e. The van der Waals surface area contributed by atoms with Crippen LogP contribution in [-0.4, -0.2) is 12.1 Å². The van der Waals surface area contributed by atoms with Crippen molar-refractivity contribution in [2.75, 3.05) is 18.2 Å². The van der Waals surface area contributed by atoms with Crippen LogP contribution in [0.5, 0.6) is 5.75 Å². The highest BCUT2D eigenvalue weighted by Gasteiger charge is 2.03. The van der Waals surface area contributed by atoms with Crippen molar-refractivity contribution in [1.29, 1.82) is 0 Å². The molecule has 1 aromatic heterocycles. The maximum Gasteiger partial charge on any atom is 0.142 e. The fourth-order valence-corrected chi connectivity index (χ4v) is 1.54. The second-order valence-corrected chi connectivity index (χ2v) is 3.81. The van der Waals surface area contributed by atoms with Gasteiger partial charge >= 0.3 is 0 Å². The average molecular weight is 229 g/mol. The number of benzene rings is 1. The number of methoxy groups -OCH3 is 1. The summed E-state index contributed by atoms with van der Waals surface area (Å²) < 4.78 is 5.28. The highest BCUT2D eigenvalue weighted by molar-refractivity contribution is 5.65. The number of nitrogens with two attached hydrogens (primary N) is 1. The van der Waals surface area contributed by atoms with Crippen LogP contribution < -0.4 is 15.8 Å². The predicted octanol–water partition coefficient (Wildman–Crippen LogP) is 2.72. The van der Waals surface area contributed by atoms with E-state index in [0.29, 0.717) is 5.69 Å². The van der Waals surface area contributed by atoms with Gasteiger partial charge in [0.1, 0.15) is 11.6 Å². The molecular formula is C13H15N3O. The molecule has 0 unspecified atom stereocenters. The van der Waals surface area contributed by atoms with E-state index in [1.54, 1.807) is 19.4 Å². The third kappa shape index (κ3) is 2.66. The summed E-state index contributed by atoms with van der Waals surface area (Å²) in [6.07, 6.45) is 1.62. The minimum atomic E-state index is 0.645. The predicted molar refractivity (Wildman–Crippen MR) is 69.7 cm³/mol. The van der Waals surface area contributed by atoms with E-state index in [-0.39, 0.29) is 0 Å². The smallest absolute Gasteiger partial charge is 0.142 e. The molecule has 1 heterocycles. The molecule has 3 N–H and O–H groups in total. The number of nitrogens with zero attached hydrogens (tertiary/aromatic N) is 1. The zero-order valence-electron chi connectivity index (χ0n) is 9.90. The molecule has 0 amide bonds. The first-order valence-electron chi connectivity index (χ1n) is 5.32. The van der Waals surface area contributed by atoms with Crippen LogP contribution in [0.25, 0.3) is 0 Å². The molecule has 0 aliphatic heterocycles. The minimum Gasteiger partial charge on any atom is -0.495 e. The maximum atomic E-state index is 5.59. The summed E-state index contributed by atoms with van der Waals surface area (Å²) in [6, 6.07) is 9.57. The van der Waals surface area contributed by atoms with Crippen molar-refractivity contribution in [1.82, 2.24) is 4.98 Å². The van der Waals surface area contributed by atoms with E-state index in [2.05, 4.69) is 10.3 Å². The molecule has 4 heteroatoms. The summed E-state index contributed by atoms with van der Waals surface area (Å²) in [6.45, 7) is 2.03. The van der Waals surface area contributed by atoms with E-state index < -0.39 is 0 Å². The third-order valence-electron chi connectivity index (χ3n) is 2.40. The Labute approximate surface area is 100 Å². The highest BCUT2D eigenvalue weighted by atomic mass is 16.5. The molecule has 0 saturated heterocycles. The quantitative estimate of drug-likeness (QED) is 0.849. The van der Waals surface area contributed by atoms with E-state index in [9.17, 15) is 0 Å². The Morgan fingerprint density at radius 1 is 1.24 bits per heavy atom. The standard InChI is InChI=1S/C13H15N3O/c1-9-3-5-12(17-2)11(7-9)16-13-6-4-10(14)8-15-13/h3-8H,14H2,1-2H3,(H,15,16). The lowest BCUT2D eigenvalue weighted by atomic mass is 10.2. The summed E-state index contributed by atoms with van der Waals surface area (Å²) in [5, 5.41) is 3.20. The van der Waals surface area contributed by atoms with E-state index in [0.717, 1.165) is 22.8 Å². The number of pyridine rings is 1. The number of aromatic nitrogens is 1. The van der Waals surface area contributed by atoms with Crippen molar-refractivity contribution < 1.29 is 4.74 Å². The van der Waals surface area contributed by atoms with Crippen molar-refractivity contribution in [2.45, 2.75) is 6.92 Å². The maximum absolute atomic E-state index is 5.59. The Morgan fingerprint density at radius 3 is 2.71 bits per heavy atom. The average Bonchev–Trinajstić information content (AvgIpc) is 2.32. The highest BCUT2D eigenvalue weighted by Crippen LogP contribution is 2.27.